The fraction of sp³-hybridized carbons (Fsp3) is 0.806. The maximum absolute atomic E-state index is 14.0. The summed E-state index contributed by atoms with van der Waals surface area (Å²) < 4.78 is 0. The quantitative estimate of drug-likeness (QED) is 0.298. The zero-order valence-electron chi connectivity index (χ0n) is 26.0. The molecule has 41 heavy (non-hydrogen) atoms. The summed E-state index contributed by atoms with van der Waals surface area (Å²) in [6.45, 7) is 3.33. The van der Waals surface area contributed by atoms with Crippen LogP contribution in [0.4, 0.5) is 11.4 Å². The van der Waals surface area contributed by atoms with Crippen LogP contribution in [0.1, 0.15) is 147 Å². The summed E-state index contributed by atoms with van der Waals surface area (Å²) in [6.07, 6.45) is 27.7. The van der Waals surface area contributed by atoms with Crippen LogP contribution in [0, 0.1) is 17.8 Å². The van der Waals surface area contributed by atoms with E-state index in [0.29, 0.717) is 17.8 Å². The number of anilines is 2. The second kappa shape index (κ2) is 13.4. The zero-order chi connectivity index (χ0) is 28.1. The molecule has 1 amide bonds. The molecule has 3 saturated carbocycles. The van der Waals surface area contributed by atoms with Crippen LogP contribution in [0.5, 0.6) is 0 Å². The van der Waals surface area contributed by atoms with Gasteiger partial charge in [0, 0.05) is 22.5 Å². The van der Waals surface area contributed by atoms with Crippen LogP contribution in [0.3, 0.4) is 0 Å². The van der Waals surface area contributed by atoms with Crippen molar-refractivity contribution in [3.63, 3.8) is 0 Å². The molecule has 2 heterocycles. The van der Waals surface area contributed by atoms with Crippen LogP contribution < -0.4 is 21.3 Å². The normalized spacial score (nSPS) is 33.3. The number of amides is 1. The first-order chi connectivity index (χ1) is 20.1. The smallest absolute Gasteiger partial charge is 0.241 e. The first-order valence-corrected chi connectivity index (χ1v) is 17.8. The van der Waals surface area contributed by atoms with E-state index in [1.54, 1.807) is 0 Å². The van der Waals surface area contributed by atoms with Crippen molar-refractivity contribution in [3.8, 4) is 0 Å². The highest BCUT2D eigenvalue weighted by Gasteiger charge is 2.56. The number of carbonyl (C=O) groups is 1. The van der Waals surface area contributed by atoms with Crippen molar-refractivity contribution >= 4 is 17.3 Å². The van der Waals surface area contributed by atoms with E-state index in [2.05, 4.69) is 46.4 Å². The monoisotopic (exact) mass is 562 g/mol. The minimum absolute atomic E-state index is 0.0293. The van der Waals surface area contributed by atoms with Crippen molar-refractivity contribution in [2.75, 3.05) is 17.3 Å². The van der Waals surface area contributed by atoms with Gasteiger partial charge in [-0.15, -0.1) is 0 Å². The summed E-state index contributed by atoms with van der Waals surface area (Å²) in [7, 11) is 0. The molecule has 5 nitrogen and oxygen atoms in total. The van der Waals surface area contributed by atoms with Gasteiger partial charge in [0.25, 0.3) is 0 Å². The van der Waals surface area contributed by atoms with E-state index in [1.807, 2.05) is 0 Å². The number of nitrogens with one attached hydrogen (secondary N) is 4. The minimum atomic E-state index is -0.0814. The summed E-state index contributed by atoms with van der Waals surface area (Å²) in [4.78, 5) is 14.0. The van der Waals surface area contributed by atoms with Crippen molar-refractivity contribution in [3.05, 3.63) is 23.8 Å². The van der Waals surface area contributed by atoms with E-state index in [0.717, 1.165) is 18.8 Å². The molecule has 6 rings (SSSR count). The average molecular weight is 563 g/mol. The highest BCUT2D eigenvalue weighted by atomic mass is 16.2. The van der Waals surface area contributed by atoms with Gasteiger partial charge in [0.1, 0.15) is 0 Å². The van der Waals surface area contributed by atoms with E-state index < -0.39 is 0 Å². The lowest BCUT2D eigenvalue weighted by molar-refractivity contribution is -0.118. The molecule has 4 N–H and O–H groups in total. The number of benzene rings is 1. The standard InChI is InChI=1S/C36H58N4O/c1-27-16-15-19-29-24-33(40-36(27,29)28-17-11-7-3-2-4-8-12-18-28)34(41)39-30-20-21-32-31(25-30)35(38-26-37-32)22-13-9-5-6-10-14-23-35/h20-21,25,27-29,33,37-38,40H,2-19,22-24,26H2,1H3,(H,39,41). The van der Waals surface area contributed by atoms with Gasteiger partial charge < -0.3 is 10.6 Å². The van der Waals surface area contributed by atoms with E-state index in [9.17, 15) is 4.79 Å². The predicted octanol–water partition coefficient (Wildman–Crippen LogP) is 8.61. The number of hydrogen-bond donors (Lipinski definition) is 4. The Kier molecular flexibility index (Phi) is 9.61. The van der Waals surface area contributed by atoms with Crippen LogP contribution in [-0.4, -0.2) is 24.2 Å². The predicted molar refractivity (Wildman–Crippen MR) is 171 cm³/mol. The fourth-order valence-corrected chi connectivity index (χ4v) is 10.0. The van der Waals surface area contributed by atoms with Crippen LogP contribution in [-0.2, 0) is 10.3 Å². The maximum Gasteiger partial charge on any atom is 0.241 e. The lowest BCUT2D eigenvalue weighted by atomic mass is 9.59. The van der Waals surface area contributed by atoms with Gasteiger partial charge in [0.15, 0.2) is 0 Å². The van der Waals surface area contributed by atoms with Crippen molar-refractivity contribution < 1.29 is 4.79 Å². The largest absolute Gasteiger partial charge is 0.372 e. The van der Waals surface area contributed by atoms with E-state index in [-0.39, 0.29) is 23.0 Å². The van der Waals surface area contributed by atoms with E-state index >= 15 is 0 Å². The third kappa shape index (κ3) is 6.23. The SMILES string of the molecule is CC1CCCC2CC(C(=O)Nc3ccc4c(c3)C3(CCCCCCCC3)NCN4)NC12C1CCCCCCCCC1. The number of carbonyl (C=O) groups excluding carboxylic acids is 1. The molecule has 5 heteroatoms. The van der Waals surface area contributed by atoms with Crippen molar-refractivity contribution in [2.45, 2.75) is 159 Å². The van der Waals surface area contributed by atoms with Crippen molar-refractivity contribution in [1.82, 2.24) is 10.6 Å². The van der Waals surface area contributed by atoms with Gasteiger partial charge >= 0.3 is 0 Å². The Bertz CT molecular complexity index is 1000. The Morgan fingerprint density at radius 3 is 2.12 bits per heavy atom. The van der Waals surface area contributed by atoms with Gasteiger partial charge in [-0.05, 0) is 86.5 Å². The number of fused-ring (bicyclic) bond motifs is 3. The van der Waals surface area contributed by atoms with Crippen LogP contribution in [0.2, 0.25) is 0 Å². The highest BCUT2D eigenvalue weighted by molar-refractivity contribution is 5.95. The second-order valence-electron chi connectivity index (χ2n) is 14.6. The fourth-order valence-electron chi connectivity index (χ4n) is 10.0. The molecule has 0 bridgehead atoms. The van der Waals surface area contributed by atoms with Gasteiger partial charge in [-0.1, -0.05) is 96.8 Å². The van der Waals surface area contributed by atoms with E-state index in [4.69, 9.17) is 0 Å². The Balaban J connectivity index is 1.20. The zero-order valence-corrected chi connectivity index (χ0v) is 26.0. The molecule has 1 saturated heterocycles. The van der Waals surface area contributed by atoms with Gasteiger partial charge in [-0.25, -0.2) is 0 Å². The summed E-state index contributed by atoms with van der Waals surface area (Å²) in [5.41, 5.74) is 3.75. The van der Waals surface area contributed by atoms with Crippen molar-refractivity contribution in [1.29, 1.82) is 0 Å². The molecule has 4 fully saturated rings. The maximum atomic E-state index is 14.0. The van der Waals surface area contributed by atoms with Crippen LogP contribution in [0.25, 0.3) is 0 Å². The molecule has 228 valence electrons. The van der Waals surface area contributed by atoms with Gasteiger partial charge in [0.2, 0.25) is 5.91 Å². The first-order valence-electron chi connectivity index (χ1n) is 17.8. The van der Waals surface area contributed by atoms with Crippen LogP contribution in [0.15, 0.2) is 18.2 Å². The Morgan fingerprint density at radius 1 is 0.780 bits per heavy atom. The molecule has 5 aliphatic rings. The molecular formula is C36H58N4O. The molecule has 1 spiro atoms. The summed E-state index contributed by atoms with van der Waals surface area (Å²) >= 11 is 0. The topological polar surface area (TPSA) is 65.2 Å². The summed E-state index contributed by atoms with van der Waals surface area (Å²) in [5.74, 6) is 2.18. The molecule has 1 aromatic rings. The van der Waals surface area contributed by atoms with Gasteiger partial charge in [-0.2, -0.15) is 0 Å². The third-order valence-corrected chi connectivity index (χ3v) is 12.2. The molecule has 4 atom stereocenters. The molecule has 0 radical (unpaired) electrons. The van der Waals surface area contributed by atoms with E-state index in [1.165, 1.54) is 140 Å². The molecule has 1 aromatic carbocycles. The number of rotatable bonds is 3. The van der Waals surface area contributed by atoms with Crippen molar-refractivity contribution in [2.24, 2.45) is 17.8 Å². The lowest BCUT2D eigenvalue weighted by Crippen LogP contribution is -2.60. The van der Waals surface area contributed by atoms with Gasteiger partial charge in [0.05, 0.1) is 12.7 Å². The molecular weight excluding hydrogens is 504 g/mol. The lowest BCUT2D eigenvalue weighted by Gasteiger charge is -2.50. The second-order valence-corrected chi connectivity index (χ2v) is 14.6. The van der Waals surface area contributed by atoms with Crippen LogP contribution >= 0.6 is 0 Å². The Labute approximate surface area is 250 Å². The molecule has 0 aromatic heterocycles. The first kappa shape index (κ1) is 29.5. The number of hydrogen-bond acceptors (Lipinski definition) is 4. The molecule has 3 aliphatic carbocycles. The molecule has 2 aliphatic heterocycles. The Hall–Kier alpha value is -1.59. The highest BCUT2D eigenvalue weighted by Crippen LogP contribution is 2.52. The average Bonchev–Trinajstić information content (AvgIpc) is 3.44. The summed E-state index contributed by atoms with van der Waals surface area (Å²) in [5, 5.41) is 15.0. The summed E-state index contributed by atoms with van der Waals surface area (Å²) in [6, 6.07) is 6.55. The molecule has 4 unspecified atom stereocenters. The third-order valence-electron chi connectivity index (χ3n) is 12.2. The Morgan fingerprint density at radius 2 is 1.41 bits per heavy atom. The van der Waals surface area contributed by atoms with Gasteiger partial charge in [-0.3, -0.25) is 15.4 Å². The minimum Gasteiger partial charge on any atom is -0.372 e.